The van der Waals surface area contributed by atoms with E-state index in [0.29, 0.717) is 17.0 Å². The van der Waals surface area contributed by atoms with E-state index in [-0.39, 0.29) is 43.8 Å². The van der Waals surface area contributed by atoms with Crippen LogP contribution in [0.25, 0.3) is 11.3 Å². The number of carboxylic acids is 1. The number of aryl methyl sites for hydroxylation is 1. The minimum absolute atomic E-state index is 0.0650. The summed E-state index contributed by atoms with van der Waals surface area (Å²) in [6.07, 6.45) is 2.38. The van der Waals surface area contributed by atoms with Crippen molar-refractivity contribution in [3.63, 3.8) is 0 Å². The van der Waals surface area contributed by atoms with Crippen LogP contribution in [0.2, 0.25) is 0 Å². The fraction of sp³-hybridized carbons (Fsp3) is 0.450. The Bertz CT molecular complexity index is 997. The van der Waals surface area contributed by atoms with Crippen molar-refractivity contribution in [2.75, 3.05) is 13.2 Å². The van der Waals surface area contributed by atoms with E-state index in [1.54, 1.807) is 0 Å². The molecule has 0 unspecified atom stereocenters. The highest BCUT2D eigenvalue weighted by Crippen LogP contribution is 2.35. The van der Waals surface area contributed by atoms with Crippen molar-refractivity contribution in [1.29, 1.82) is 0 Å². The van der Waals surface area contributed by atoms with Crippen molar-refractivity contribution < 1.29 is 31.8 Å². The number of nitrogens with zero attached hydrogens (tertiary/aromatic N) is 2. The maximum Gasteiger partial charge on any atom is 0.325 e. The van der Waals surface area contributed by atoms with Crippen LogP contribution in [0.5, 0.6) is 0 Å². The summed E-state index contributed by atoms with van der Waals surface area (Å²) in [6.45, 7) is 0.976. The Labute approximate surface area is 173 Å². The van der Waals surface area contributed by atoms with Crippen molar-refractivity contribution in [1.82, 2.24) is 9.97 Å². The maximum atomic E-state index is 13.1. The summed E-state index contributed by atoms with van der Waals surface area (Å²) >= 11 is 0. The highest BCUT2D eigenvalue weighted by Gasteiger charge is 2.52. The van der Waals surface area contributed by atoms with E-state index in [1.165, 1.54) is 36.7 Å². The maximum absolute atomic E-state index is 13.1. The van der Waals surface area contributed by atoms with Gasteiger partial charge in [0.05, 0.1) is 22.5 Å². The van der Waals surface area contributed by atoms with Gasteiger partial charge < -0.3 is 9.84 Å². The quantitative estimate of drug-likeness (QED) is 0.705. The first kappa shape index (κ1) is 22.2. The third kappa shape index (κ3) is 4.49. The second-order valence-corrected chi connectivity index (χ2v) is 9.66. The molecule has 0 spiro atoms. The zero-order valence-electron chi connectivity index (χ0n) is 16.3. The molecule has 2 aromatic rings. The lowest BCUT2D eigenvalue weighted by molar-refractivity contribution is -0.142. The zero-order valence-corrected chi connectivity index (χ0v) is 17.2. The summed E-state index contributed by atoms with van der Waals surface area (Å²) in [5, 5.41) is 9.64. The van der Waals surface area contributed by atoms with Crippen LogP contribution in [0.4, 0.5) is 8.78 Å². The summed E-state index contributed by atoms with van der Waals surface area (Å²) in [4.78, 5) is 20.1. The third-order valence-corrected chi connectivity index (χ3v) is 7.69. The predicted octanol–water partition coefficient (Wildman–Crippen LogP) is 3.14. The molecule has 30 heavy (non-hydrogen) atoms. The van der Waals surface area contributed by atoms with E-state index < -0.39 is 26.5 Å². The standard InChI is InChI=1S/C20H22F2N2O5S/c1-19(21,22)7-6-15-12-24-17(13-23-15)14-2-4-16(5-3-14)30(27,28)20(18(25)26)8-10-29-11-9-20/h2-5,12-13H,6-11H2,1H3,(H,25,26). The van der Waals surface area contributed by atoms with Gasteiger partial charge in [0, 0.05) is 44.2 Å². The van der Waals surface area contributed by atoms with Gasteiger partial charge in [0.25, 0.3) is 0 Å². The van der Waals surface area contributed by atoms with Gasteiger partial charge in [0.1, 0.15) is 0 Å². The molecule has 162 valence electrons. The first-order valence-electron chi connectivity index (χ1n) is 9.40. The summed E-state index contributed by atoms with van der Waals surface area (Å²) < 4.78 is 55.3. The summed E-state index contributed by atoms with van der Waals surface area (Å²) in [5.41, 5.74) is 1.46. The monoisotopic (exact) mass is 440 g/mol. The molecule has 7 nitrogen and oxygen atoms in total. The summed E-state index contributed by atoms with van der Waals surface area (Å²) in [7, 11) is -4.14. The number of benzene rings is 1. The molecule has 1 aromatic heterocycles. The van der Waals surface area contributed by atoms with Crippen LogP contribution in [-0.2, 0) is 25.8 Å². The van der Waals surface area contributed by atoms with E-state index in [4.69, 9.17) is 4.74 Å². The Balaban J connectivity index is 1.81. The normalized spacial score (nSPS) is 16.9. The van der Waals surface area contributed by atoms with Crippen molar-refractivity contribution in [3.8, 4) is 11.3 Å². The average Bonchev–Trinajstić information content (AvgIpc) is 2.72. The number of ether oxygens (including phenoxy) is 1. The molecule has 0 saturated carbocycles. The first-order valence-corrected chi connectivity index (χ1v) is 10.9. The SMILES string of the molecule is CC(F)(F)CCc1cnc(-c2ccc(S(=O)(=O)C3(C(=O)O)CCOCC3)cc2)cn1. The number of alkyl halides is 2. The topological polar surface area (TPSA) is 106 Å². The van der Waals surface area contributed by atoms with Crippen molar-refractivity contribution in [3.05, 3.63) is 42.4 Å². The number of rotatable bonds is 7. The number of sulfone groups is 1. The van der Waals surface area contributed by atoms with Gasteiger partial charge in [-0.1, -0.05) is 12.1 Å². The first-order chi connectivity index (χ1) is 14.1. The Morgan fingerprint density at radius 1 is 1.17 bits per heavy atom. The minimum Gasteiger partial charge on any atom is -0.480 e. The van der Waals surface area contributed by atoms with Gasteiger partial charge in [-0.3, -0.25) is 14.8 Å². The second kappa shape index (κ2) is 8.35. The molecule has 10 heteroatoms. The fourth-order valence-electron chi connectivity index (χ4n) is 3.31. The molecule has 1 aliphatic rings. The van der Waals surface area contributed by atoms with Gasteiger partial charge in [-0.05, 0) is 25.5 Å². The van der Waals surface area contributed by atoms with Crippen molar-refractivity contribution in [2.45, 2.75) is 48.2 Å². The Kier molecular flexibility index (Phi) is 6.19. The van der Waals surface area contributed by atoms with E-state index in [1.807, 2.05) is 0 Å². The fourth-order valence-corrected chi connectivity index (χ4v) is 5.19. The largest absolute Gasteiger partial charge is 0.480 e. The molecule has 1 saturated heterocycles. The Morgan fingerprint density at radius 2 is 1.80 bits per heavy atom. The smallest absolute Gasteiger partial charge is 0.325 e. The van der Waals surface area contributed by atoms with Crippen LogP contribution in [0.1, 0.15) is 31.9 Å². The molecule has 1 N–H and O–H groups in total. The lowest BCUT2D eigenvalue weighted by Crippen LogP contribution is -2.50. The molecule has 2 heterocycles. The molecule has 0 atom stereocenters. The molecule has 0 amide bonds. The average molecular weight is 440 g/mol. The number of carbonyl (C=O) groups is 1. The highest BCUT2D eigenvalue weighted by molar-refractivity contribution is 7.93. The molecule has 1 aliphatic heterocycles. The lowest BCUT2D eigenvalue weighted by Gasteiger charge is -2.32. The Morgan fingerprint density at radius 3 is 2.30 bits per heavy atom. The van der Waals surface area contributed by atoms with Crippen LogP contribution < -0.4 is 0 Å². The third-order valence-electron chi connectivity index (χ3n) is 5.19. The van der Waals surface area contributed by atoms with Crippen molar-refractivity contribution >= 4 is 15.8 Å². The zero-order chi connectivity index (χ0) is 22.0. The summed E-state index contributed by atoms with van der Waals surface area (Å²) in [5.74, 6) is -4.16. The van der Waals surface area contributed by atoms with Gasteiger partial charge in [-0.2, -0.15) is 0 Å². The van der Waals surface area contributed by atoms with E-state index in [0.717, 1.165) is 6.92 Å². The van der Waals surface area contributed by atoms with Gasteiger partial charge in [-0.15, -0.1) is 0 Å². The van der Waals surface area contributed by atoms with E-state index in [9.17, 15) is 27.1 Å². The number of halogens is 2. The molecule has 3 rings (SSSR count). The number of hydrogen-bond acceptors (Lipinski definition) is 6. The molecule has 1 fully saturated rings. The van der Waals surface area contributed by atoms with Crippen LogP contribution >= 0.6 is 0 Å². The van der Waals surface area contributed by atoms with E-state index >= 15 is 0 Å². The van der Waals surface area contributed by atoms with Crippen LogP contribution in [0.3, 0.4) is 0 Å². The molecule has 0 radical (unpaired) electrons. The molecular weight excluding hydrogens is 418 g/mol. The number of carboxylic acid groups (broad SMARTS) is 1. The molecule has 1 aromatic carbocycles. The van der Waals surface area contributed by atoms with Crippen LogP contribution in [-0.4, -0.2) is 53.3 Å². The number of hydrogen-bond donors (Lipinski definition) is 1. The molecule has 0 aliphatic carbocycles. The lowest BCUT2D eigenvalue weighted by atomic mass is 9.99. The highest BCUT2D eigenvalue weighted by atomic mass is 32.2. The summed E-state index contributed by atoms with van der Waals surface area (Å²) in [6, 6.07) is 5.73. The molecular formula is C20H22F2N2O5S. The van der Waals surface area contributed by atoms with E-state index in [2.05, 4.69) is 9.97 Å². The van der Waals surface area contributed by atoms with Crippen LogP contribution in [0.15, 0.2) is 41.6 Å². The number of aromatic nitrogens is 2. The Hall–Kier alpha value is -2.46. The molecule has 0 bridgehead atoms. The van der Waals surface area contributed by atoms with Gasteiger partial charge in [0.15, 0.2) is 14.6 Å². The van der Waals surface area contributed by atoms with Crippen molar-refractivity contribution in [2.24, 2.45) is 0 Å². The van der Waals surface area contributed by atoms with Gasteiger partial charge >= 0.3 is 5.97 Å². The van der Waals surface area contributed by atoms with Gasteiger partial charge in [0.2, 0.25) is 5.92 Å². The number of aliphatic carboxylic acids is 1. The van der Waals surface area contributed by atoms with Gasteiger partial charge in [-0.25, -0.2) is 17.2 Å². The minimum atomic E-state index is -4.14. The predicted molar refractivity (Wildman–Crippen MR) is 104 cm³/mol. The second-order valence-electron chi connectivity index (χ2n) is 7.40. The van der Waals surface area contributed by atoms with Crippen LogP contribution in [0, 0.1) is 0 Å².